The van der Waals surface area contributed by atoms with E-state index in [1.807, 2.05) is 0 Å². The maximum absolute atomic E-state index is 12.2. The van der Waals surface area contributed by atoms with Gasteiger partial charge in [0.1, 0.15) is 17.9 Å². The topological polar surface area (TPSA) is 103 Å². The number of halogens is 2. The number of hydrogen-bond acceptors (Lipinski definition) is 6. The third kappa shape index (κ3) is 7.68. The van der Waals surface area contributed by atoms with E-state index in [9.17, 15) is 14.4 Å². The molecule has 0 saturated carbocycles. The van der Waals surface area contributed by atoms with E-state index in [-0.39, 0.29) is 6.54 Å². The van der Waals surface area contributed by atoms with E-state index in [1.54, 1.807) is 40.0 Å². The standard InChI is InChI=1S/C17H22I2N2O6/c1-17(2,3)27-16(24)20-8-12(22)21-13(15(23)26-5)9-6-10(18)14(25-4)11(19)7-9/h6-7,13H,8H2,1-5H3,(H,20,24)(H,21,22)/t13-/m0/s1. The SMILES string of the molecule is COC(=O)[C@@H](NC(=O)CNC(=O)OC(C)(C)C)c1cc(I)c(OC)c(I)c1. The molecule has 0 spiro atoms. The summed E-state index contributed by atoms with van der Waals surface area (Å²) in [4.78, 5) is 36.0. The summed E-state index contributed by atoms with van der Waals surface area (Å²) in [5.41, 5.74) is -0.131. The Kier molecular flexibility index (Phi) is 9.05. The average Bonchev–Trinajstić information content (AvgIpc) is 2.55. The minimum absolute atomic E-state index is 0.341. The number of benzene rings is 1. The molecule has 0 aliphatic rings. The predicted octanol–water partition coefficient (Wildman–Crippen LogP) is 2.76. The van der Waals surface area contributed by atoms with Crippen LogP contribution in [-0.2, 0) is 19.1 Å². The third-order valence-electron chi connectivity index (χ3n) is 3.09. The Labute approximate surface area is 185 Å². The molecule has 150 valence electrons. The minimum Gasteiger partial charge on any atom is -0.495 e. The highest BCUT2D eigenvalue weighted by atomic mass is 127. The monoisotopic (exact) mass is 604 g/mol. The van der Waals surface area contributed by atoms with E-state index in [1.165, 1.54) is 7.11 Å². The number of ether oxygens (including phenoxy) is 3. The van der Waals surface area contributed by atoms with Gasteiger partial charge in [-0.15, -0.1) is 0 Å². The van der Waals surface area contributed by atoms with Crippen molar-refractivity contribution >= 4 is 63.2 Å². The van der Waals surface area contributed by atoms with Crippen LogP contribution in [0, 0.1) is 7.14 Å². The highest BCUT2D eigenvalue weighted by molar-refractivity contribution is 14.1. The Bertz CT molecular complexity index is 695. The zero-order chi connectivity index (χ0) is 20.8. The molecule has 2 N–H and O–H groups in total. The van der Waals surface area contributed by atoms with Gasteiger partial charge in [-0.25, -0.2) is 9.59 Å². The van der Waals surface area contributed by atoms with Gasteiger partial charge in [0.2, 0.25) is 5.91 Å². The molecule has 0 aliphatic heterocycles. The Morgan fingerprint density at radius 1 is 1.11 bits per heavy atom. The van der Waals surface area contributed by atoms with Gasteiger partial charge in [0.25, 0.3) is 0 Å². The number of esters is 1. The summed E-state index contributed by atoms with van der Waals surface area (Å²) in [6, 6.07) is 2.44. The second-order valence-electron chi connectivity index (χ2n) is 6.40. The Morgan fingerprint density at radius 3 is 2.11 bits per heavy atom. The molecule has 0 aromatic heterocycles. The van der Waals surface area contributed by atoms with Crippen molar-refractivity contribution in [2.45, 2.75) is 32.4 Å². The number of hydrogen-bond donors (Lipinski definition) is 2. The normalized spacial score (nSPS) is 12.0. The molecule has 2 amide bonds. The molecule has 0 fully saturated rings. The highest BCUT2D eigenvalue weighted by Crippen LogP contribution is 2.31. The summed E-state index contributed by atoms with van der Waals surface area (Å²) in [6.07, 6.45) is -0.721. The van der Waals surface area contributed by atoms with Crippen molar-refractivity contribution in [1.29, 1.82) is 0 Å². The number of alkyl carbamates (subject to hydrolysis) is 1. The summed E-state index contributed by atoms with van der Waals surface area (Å²) in [5.74, 6) is -0.504. The molecule has 1 atom stereocenters. The van der Waals surface area contributed by atoms with Gasteiger partial charge in [0.05, 0.1) is 21.4 Å². The van der Waals surface area contributed by atoms with Crippen LogP contribution < -0.4 is 15.4 Å². The van der Waals surface area contributed by atoms with Gasteiger partial charge in [-0.1, -0.05) is 0 Å². The molecule has 1 aromatic rings. The lowest BCUT2D eigenvalue weighted by atomic mass is 10.1. The number of amides is 2. The van der Waals surface area contributed by atoms with Crippen molar-refractivity contribution < 1.29 is 28.6 Å². The van der Waals surface area contributed by atoms with E-state index in [0.717, 1.165) is 7.14 Å². The van der Waals surface area contributed by atoms with E-state index in [2.05, 4.69) is 55.8 Å². The van der Waals surface area contributed by atoms with Gasteiger partial charge in [0.15, 0.2) is 6.04 Å². The zero-order valence-electron chi connectivity index (χ0n) is 15.6. The first-order chi connectivity index (χ1) is 12.5. The maximum Gasteiger partial charge on any atom is 0.408 e. The lowest BCUT2D eigenvalue weighted by molar-refractivity contribution is -0.145. The third-order valence-corrected chi connectivity index (χ3v) is 4.70. The van der Waals surface area contributed by atoms with Crippen LogP contribution >= 0.6 is 45.2 Å². The second kappa shape index (κ2) is 10.3. The van der Waals surface area contributed by atoms with Crippen molar-refractivity contribution in [3.8, 4) is 5.75 Å². The van der Waals surface area contributed by atoms with Crippen molar-refractivity contribution in [3.05, 3.63) is 24.8 Å². The molecule has 0 heterocycles. The Morgan fingerprint density at radius 2 is 1.67 bits per heavy atom. The van der Waals surface area contributed by atoms with E-state index >= 15 is 0 Å². The Hall–Kier alpha value is -1.31. The number of methoxy groups -OCH3 is 2. The summed E-state index contributed by atoms with van der Waals surface area (Å²) in [7, 11) is 2.79. The summed E-state index contributed by atoms with van der Waals surface area (Å²) in [6.45, 7) is 4.80. The second-order valence-corrected chi connectivity index (χ2v) is 8.72. The van der Waals surface area contributed by atoms with Crippen LogP contribution in [0.15, 0.2) is 12.1 Å². The quantitative estimate of drug-likeness (QED) is 0.383. The van der Waals surface area contributed by atoms with Crippen molar-refractivity contribution in [2.24, 2.45) is 0 Å². The smallest absolute Gasteiger partial charge is 0.408 e. The van der Waals surface area contributed by atoms with Gasteiger partial charge in [0, 0.05) is 0 Å². The number of nitrogens with one attached hydrogen (secondary N) is 2. The fourth-order valence-electron chi connectivity index (χ4n) is 2.02. The number of carbonyl (C=O) groups excluding carboxylic acids is 3. The van der Waals surface area contributed by atoms with Crippen LogP contribution in [0.4, 0.5) is 4.79 Å². The highest BCUT2D eigenvalue weighted by Gasteiger charge is 2.26. The molecule has 0 radical (unpaired) electrons. The van der Waals surface area contributed by atoms with Crippen LogP contribution in [0.2, 0.25) is 0 Å². The minimum atomic E-state index is -1.02. The molecule has 8 nitrogen and oxygen atoms in total. The molecule has 27 heavy (non-hydrogen) atoms. The van der Waals surface area contributed by atoms with Crippen LogP contribution in [0.5, 0.6) is 5.75 Å². The van der Waals surface area contributed by atoms with Crippen molar-refractivity contribution in [1.82, 2.24) is 10.6 Å². The van der Waals surface area contributed by atoms with Gasteiger partial charge in [-0.2, -0.15) is 0 Å². The molecule has 0 unspecified atom stereocenters. The first-order valence-electron chi connectivity index (χ1n) is 7.85. The van der Waals surface area contributed by atoms with E-state index in [4.69, 9.17) is 14.2 Å². The van der Waals surface area contributed by atoms with Crippen LogP contribution in [0.25, 0.3) is 0 Å². The summed E-state index contributed by atoms with van der Waals surface area (Å²) >= 11 is 4.17. The molecule has 1 rings (SSSR count). The van der Waals surface area contributed by atoms with E-state index in [0.29, 0.717) is 11.3 Å². The number of rotatable bonds is 6. The lowest BCUT2D eigenvalue weighted by Gasteiger charge is -2.21. The van der Waals surface area contributed by atoms with Crippen LogP contribution in [0.3, 0.4) is 0 Å². The first kappa shape index (κ1) is 23.7. The average molecular weight is 604 g/mol. The Balaban J connectivity index is 2.89. The van der Waals surface area contributed by atoms with Crippen molar-refractivity contribution in [2.75, 3.05) is 20.8 Å². The predicted molar refractivity (Wildman–Crippen MR) is 116 cm³/mol. The molecule has 0 bridgehead atoms. The molecule has 0 aliphatic carbocycles. The molecular formula is C17H22I2N2O6. The zero-order valence-corrected chi connectivity index (χ0v) is 20.0. The summed E-state index contributed by atoms with van der Waals surface area (Å²) in [5, 5.41) is 4.91. The maximum atomic E-state index is 12.2. The van der Waals surface area contributed by atoms with Gasteiger partial charge < -0.3 is 24.8 Å². The van der Waals surface area contributed by atoms with Gasteiger partial charge in [-0.05, 0) is 83.6 Å². The first-order valence-corrected chi connectivity index (χ1v) is 10.0. The summed E-state index contributed by atoms with van der Waals surface area (Å²) < 4.78 is 16.7. The fraction of sp³-hybridized carbons (Fsp3) is 0.471. The molecular weight excluding hydrogens is 582 g/mol. The molecule has 10 heteroatoms. The van der Waals surface area contributed by atoms with E-state index < -0.39 is 29.6 Å². The van der Waals surface area contributed by atoms with Crippen molar-refractivity contribution in [3.63, 3.8) is 0 Å². The van der Waals surface area contributed by atoms with Gasteiger partial charge in [-0.3, -0.25) is 4.79 Å². The van der Waals surface area contributed by atoms with Crippen LogP contribution in [0.1, 0.15) is 32.4 Å². The van der Waals surface area contributed by atoms with Gasteiger partial charge >= 0.3 is 12.1 Å². The van der Waals surface area contributed by atoms with Crippen LogP contribution in [-0.4, -0.2) is 44.3 Å². The largest absolute Gasteiger partial charge is 0.495 e. The fourth-order valence-corrected chi connectivity index (χ4v) is 4.27. The number of carbonyl (C=O) groups is 3. The molecule has 0 saturated heterocycles. The molecule has 1 aromatic carbocycles. The lowest BCUT2D eigenvalue weighted by Crippen LogP contribution is -2.42.